The second kappa shape index (κ2) is 9.29. The van der Waals surface area contributed by atoms with Crippen molar-refractivity contribution in [3.8, 4) is 0 Å². The minimum atomic E-state index is -0.269. The fraction of sp³-hybridized carbons (Fsp3) is 0.389. The predicted octanol–water partition coefficient (Wildman–Crippen LogP) is 3.32. The van der Waals surface area contributed by atoms with Crippen molar-refractivity contribution in [2.24, 2.45) is 5.10 Å². The smallest absolute Gasteiger partial charge is 0.311 e. The molecule has 7 heteroatoms. The van der Waals surface area contributed by atoms with Crippen molar-refractivity contribution in [3.05, 3.63) is 46.5 Å². The number of carbonyl (C=O) groups is 1. The molecule has 1 N–H and O–H groups in total. The average Bonchev–Trinajstić information content (AvgIpc) is 3.01. The molecular formula is C18H24N4O2S. The van der Waals surface area contributed by atoms with Gasteiger partial charge in [-0.3, -0.25) is 10.2 Å². The maximum atomic E-state index is 11.4. The Labute approximate surface area is 152 Å². The molecule has 25 heavy (non-hydrogen) atoms. The molecule has 1 atom stereocenters. The molecule has 0 aliphatic carbocycles. The molecule has 1 aromatic heterocycles. The van der Waals surface area contributed by atoms with Gasteiger partial charge in [-0.25, -0.2) is 4.98 Å². The molecule has 6 nitrogen and oxygen atoms in total. The molecule has 0 fully saturated rings. The molecule has 1 heterocycles. The van der Waals surface area contributed by atoms with Gasteiger partial charge in [0.2, 0.25) is 5.13 Å². The van der Waals surface area contributed by atoms with Gasteiger partial charge in [0.25, 0.3) is 0 Å². The molecular weight excluding hydrogens is 336 g/mol. The quantitative estimate of drug-likeness (QED) is 0.444. The summed E-state index contributed by atoms with van der Waals surface area (Å²) in [6, 6.07) is 8.59. The Morgan fingerprint density at radius 1 is 1.48 bits per heavy atom. The van der Waals surface area contributed by atoms with Gasteiger partial charge in [-0.2, -0.15) is 5.10 Å². The third kappa shape index (κ3) is 5.95. The molecule has 0 saturated carbocycles. The van der Waals surface area contributed by atoms with Gasteiger partial charge >= 0.3 is 5.97 Å². The van der Waals surface area contributed by atoms with Crippen molar-refractivity contribution >= 4 is 28.7 Å². The first-order valence-electron chi connectivity index (χ1n) is 8.15. The van der Waals surface area contributed by atoms with E-state index in [0.717, 1.165) is 5.56 Å². The van der Waals surface area contributed by atoms with Crippen LogP contribution in [0.2, 0.25) is 0 Å². The second-order valence-corrected chi connectivity index (χ2v) is 6.66. The molecule has 1 unspecified atom stereocenters. The summed E-state index contributed by atoms with van der Waals surface area (Å²) in [5.41, 5.74) is 5.84. The summed E-state index contributed by atoms with van der Waals surface area (Å²) >= 11 is 1.41. The Morgan fingerprint density at radius 2 is 2.28 bits per heavy atom. The van der Waals surface area contributed by atoms with Crippen molar-refractivity contribution in [2.75, 3.05) is 26.1 Å². The van der Waals surface area contributed by atoms with E-state index in [-0.39, 0.29) is 12.4 Å². The average molecular weight is 360 g/mol. The van der Waals surface area contributed by atoms with Crippen LogP contribution in [0.1, 0.15) is 36.7 Å². The van der Waals surface area contributed by atoms with Gasteiger partial charge in [0.05, 0.1) is 24.9 Å². The highest BCUT2D eigenvalue weighted by Crippen LogP contribution is 2.18. The van der Waals surface area contributed by atoms with Gasteiger partial charge in [-0.1, -0.05) is 18.2 Å². The SMILES string of the molecule is CCOC(=O)Cc1csc(NN=Cc2cccc(C(C)N(C)C)c2)n1. The van der Waals surface area contributed by atoms with Gasteiger partial charge in [0.1, 0.15) is 0 Å². The summed E-state index contributed by atoms with van der Waals surface area (Å²) in [6.45, 7) is 4.33. The van der Waals surface area contributed by atoms with E-state index >= 15 is 0 Å². The lowest BCUT2D eigenvalue weighted by Crippen LogP contribution is -2.16. The summed E-state index contributed by atoms with van der Waals surface area (Å²) < 4.78 is 4.91. The van der Waals surface area contributed by atoms with Gasteiger partial charge in [0.15, 0.2) is 0 Å². The van der Waals surface area contributed by atoms with E-state index in [1.165, 1.54) is 16.9 Å². The standard InChI is InChI=1S/C18H24N4O2S/c1-5-24-17(23)10-16-12-25-18(20-16)21-19-11-14-7-6-8-15(9-14)13(2)22(3)4/h6-9,11-13H,5,10H2,1-4H3,(H,20,21). The van der Waals surface area contributed by atoms with Crippen LogP contribution in [0.15, 0.2) is 34.7 Å². The van der Waals surface area contributed by atoms with Gasteiger partial charge in [0, 0.05) is 11.4 Å². The number of thiazole rings is 1. The lowest BCUT2D eigenvalue weighted by molar-refractivity contribution is -0.142. The van der Waals surface area contributed by atoms with Crippen molar-refractivity contribution < 1.29 is 9.53 Å². The summed E-state index contributed by atoms with van der Waals surface area (Å²) in [4.78, 5) is 17.9. The van der Waals surface area contributed by atoms with Crippen molar-refractivity contribution in [1.82, 2.24) is 9.88 Å². The van der Waals surface area contributed by atoms with Crippen molar-refractivity contribution in [1.29, 1.82) is 0 Å². The normalized spacial score (nSPS) is 12.5. The van der Waals surface area contributed by atoms with Crippen molar-refractivity contribution in [2.45, 2.75) is 26.3 Å². The van der Waals surface area contributed by atoms with Gasteiger partial charge in [-0.05, 0) is 45.1 Å². The number of benzene rings is 1. The van der Waals surface area contributed by atoms with Crippen LogP contribution in [0.25, 0.3) is 0 Å². The van der Waals surface area contributed by atoms with Crippen LogP contribution in [0.5, 0.6) is 0 Å². The third-order valence-corrected chi connectivity index (χ3v) is 4.52. The highest BCUT2D eigenvalue weighted by molar-refractivity contribution is 7.13. The van der Waals surface area contributed by atoms with Gasteiger partial charge in [-0.15, -0.1) is 11.3 Å². The van der Waals surface area contributed by atoms with E-state index in [1.807, 2.05) is 17.5 Å². The number of hydrogen-bond donors (Lipinski definition) is 1. The number of esters is 1. The first-order valence-corrected chi connectivity index (χ1v) is 9.03. The van der Waals surface area contributed by atoms with E-state index in [4.69, 9.17) is 4.74 Å². The van der Waals surface area contributed by atoms with Crippen LogP contribution in [0.3, 0.4) is 0 Å². The van der Waals surface area contributed by atoms with Crippen LogP contribution < -0.4 is 5.43 Å². The highest BCUT2D eigenvalue weighted by atomic mass is 32.1. The van der Waals surface area contributed by atoms with Crippen LogP contribution >= 0.6 is 11.3 Å². The minimum Gasteiger partial charge on any atom is -0.466 e. The van der Waals surface area contributed by atoms with Crippen LogP contribution in [-0.2, 0) is 16.0 Å². The van der Waals surface area contributed by atoms with E-state index in [9.17, 15) is 4.79 Å². The van der Waals surface area contributed by atoms with Crippen LogP contribution in [-0.4, -0.2) is 42.8 Å². The lowest BCUT2D eigenvalue weighted by atomic mass is 10.1. The Bertz CT molecular complexity index is 727. The number of hydrogen-bond acceptors (Lipinski definition) is 7. The largest absolute Gasteiger partial charge is 0.466 e. The second-order valence-electron chi connectivity index (χ2n) is 5.81. The molecule has 1 aromatic carbocycles. The van der Waals surface area contributed by atoms with Gasteiger partial charge < -0.3 is 9.64 Å². The zero-order valence-corrected chi connectivity index (χ0v) is 15.8. The monoisotopic (exact) mass is 360 g/mol. The number of nitrogens with zero attached hydrogens (tertiary/aromatic N) is 3. The van der Waals surface area contributed by atoms with E-state index in [1.54, 1.807) is 13.1 Å². The Hall–Kier alpha value is -2.25. The Kier molecular flexibility index (Phi) is 7.09. The molecule has 0 aliphatic heterocycles. The molecule has 0 amide bonds. The molecule has 0 saturated heterocycles. The summed E-state index contributed by atoms with van der Waals surface area (Å²) in [6.07, 6.45) is 1.94. The highest BCUT2D eigenvalue weighted by Gasteiger charge is 2.08. The lowest BCUT2D eigenvalue weighted by Gasteiger charge is -2.20. The summed E-state index contributed by atoms with van der Waals surface area (Å²) in [5.74, 6) is -0.269. The molecule has 0 spiro atoms. The maximum absolute atomic E-state index is 11.4. The molecule has 0 aliphatic rings. The molecule has 0 bridgehead atoms. The fourth-order valence-corrected chi connectivity index (χ4v) is 2.82. The van der Waals surface area contributed by atoms with E-state index in [2.05, 4.69) is 53.6 Å². The summed E-state index contributed by atoms with van der Waals surface area (Å²) in [5, 5.41) is 6.70. The Morgan fingerprint density at radius 3 is 3.00 bits per heavy atom. The Balaban J connectivity index is 1.94. The van der Waals surface area contributed by atoms with Crippen LogP contribution in [0.4, 0.5) is 5.13 Å². The predicted molar refractivity (Wildman–Crippen MR) is 102 cm³/mol. The first-order chi connectivity index (χ1) is 12.0. The summed E-state index contributed by atoms with van der Waals surface area (Å²) in [7, 11) is 4.12. The minimum absolute atomic E-state index is 0.181. The molecule has 2 rings (SSSR count). The number of ether oxygens (including phenoxy) is 1. The van der Waals surface area contributed by atoms with Crippen LogP contribution in [0, 0.1) is 0 Å². The zero-order chi connectivity index (χ0) is 18.2. The number of nitrogens with one attached hydrogen (secondary N) is 1. The number of hydrazone groups is 1. The fourth-order valence-electron chi connectivity index (χ4n) is 2.16. The number of carbonyl (C=O) groups excluding carboxylic acids is 1. The molecule has 0 radical (unpaired) electrons. The molecule has 2 aromatic rings. The van der Waals surface area contributed by atoms with E-state index in [0.29, 0.717) is 23.5 Å². The number of rotatable bonds is 8. The number of anilines is 1. The topological polar surface area (TPSA) is 66.8 Å². The number of aromatic nitrogens is 1. The maximum Gasteiger partial charge on any atom is 0.311 e. The van der Waals surface area contributed by atoms with Crippen molar-refractivity contribution in [3.63, 3.8) is 0 Å². The zero-order valence-electron chi connectivity index (χ0n) is 15.0. The first kappa shape index (κ1) is 19.1. The van der Waals surface area contributed by atoms with E-state index < -0.39 is 0 Å². The third-order valence-electron chi connectivity index (χ3n) is 3.72. The molecule has 134 valence electrons.